The van der Waals surface area contributed by atoms with E-state index in [1.54, 1.807) is 0 Å². The molecule has 1 heterocycles. The van der Waals surface area contributed by atoms with Gasteiger partial charge in [-0.3, -0.25) is 0 Å². The average Bonchev–Trinajstić information content (AvgIpc) is 2.38. The van der Waals surface area contributed by atoms with Crippen LogP contribution in [0.3, 0.4) is 0 Å². The van der Waals surface area contributed by atoms with Crippen molar-refractivity contribution < 1.29 is 5.11 Å². The topological polar surface area (TPSA) is 32.3 Å². The second-order valence-corrected chi connectivity index (χ2v) is 5.79. The molecule has 1 aromatic rings. The van der Waals surface area contributed by atoms with Crippen molar-refractivity contribution >= 4 is 0 Å². The van der Waals surface area contributed by atoms with Crippen molar-refractivity contribution in [3.05, 3.63) is 35.4 Å². The van der Waals surface area contributed by atoms with E-state index in [1.807, 2.05) is 0 Å². The highest BCUT2D eigenvalue weighted by atomic mass is 16.3. The number of hydrogen-bond donors (Lipinski definition) is 2. The molecule has 18 heavy (non-hydrogen) atoms. The molecule has 2 N–H and O–H groups in total. The molecule has 1 atom stereocenters. The summed E-state index contributed by atoms with van der Waals surface area (Å²) in [6, 6.07) is 8.55. The molecule has 0 aromatic heterocycles. The summed E-state index contributed by atoms with van der Waals surface area (Å²) in [7, 11) is 0. The van der Waals surface area contributed by atoms with E-state index in [0.29, 0.717) is 11.8 Å². The van der Waals surface area contributed by atoms with Crippen LogP contribution in [0.25, 0.3) is 0 Å². The maximum Gasteiger partial charge on any atom is 0.0821 e. The lowest BCUT2D eigenvalue weighted by atomic mass is 9.75. The molecular weight excluding hydrogens is 222 g/mol. The molecule has 0 radical (unpaired) electrons. The van der Waals surface area contributed by atoms with Gasteiger partial charge in [0.2, 0.25) is 0 Å². The van der Waals surface area contributed by atoms with E-state index in [-0.39, 0.29) is 6.10 Å². The van der Waals surface area contributed by atoms with Crippen LogP contribution in [0.15, 0.2) is 24.3 Å². The Balaban J connectivity index is 1.81. The fourth-order valence-electron chi connectivity index (χ4n) is 3.29. The molecule has 0 spiro atoms. The van der Waals surface area contributed by atoms with Gasteiger partial charge in [-0.15, -0.1) is 0 Å². The predicted molar refractivity (Wildman–Crippen MR) is 73.6 cm³/mol. The standard InChI is InChI=1S/C16H23NO/c18-16(13-8-10-17-11-9-13)15-7-2-1-6-14(15)12-4-3-5-12/h1-2,6-7,12-13,16-18H,3-5,8-11H2. The molecule has 2 aliphatic rings. The number of aliphatic hydroxyl groups is 1. The van der Waals surface area contributed by atoms with Gasteiger partial charge < -0.3 is 10.4 Å². The van der Waals surface area contributed by atoms with E-state index >= 15 is 0 Å². The number of hydrogen-bond acceptors (Lipinski definition) is 2. The van der Waals surface area contributed by atoms with E-state index in [4.69, 9.17) is 0 Å². The minimum Gasteiger partial charge on any atom is -0.388 e. The largest absolute Gasteiger partial charge is 0.388 e. The smallest absolute Gasteiger partial charge is 0.0821 e. The number of nitrogens with one attached hydrogen (secondary N) is 1. The minimum absolute atomic E-state index is 0.260. The normalized spacial score (nSPS) is 23.6. The van der Waals surface area contributed by atoms with Crippen molar-refractivity contribution in [1.82, 2.24) is 5.32 Å². The fraction of sp³-hybridized carbons (Fsp3) is 0.625. The first-order valence-electron chi connectivity index (χ1n) is 7.34. The van der Waals surface area contributed by atoms with Crippen molar-refractivity contribution in [2.75, 3.05) is 13.1 Å². The molecule has 0 bridgehead atoms. The van der Waals surface area contributed by atoms with Crippen molar-refractivity contribution in [3.63, 3.8) is 0 Å². The van der Waals surface area contributed by atoms with Gasteiger partial charge in [-0.05, 0) is 61.7 Å². The minimum atomic E-state index is -0.260. The molecule has 1 unspecified atom stereocenters. The summed E-state index contributed by atoms with van der Waals surface area (Å²) in [5.41, 5.74) is 2.61. The zero-order valence-electron chi connectivity index (χ0n) is 10.9. The van der Waals surface area contributed by atoms with Gasteiger partial charge in [0, 0.05) is 0 Å². The monoisotopic (exact) mass is 245 g/mol. The highest BCUT2D eigenvalue weighted by molar-refractivity contribution is 5.33. The first kappa shape index (κ1) is 12.2. The fourth-order valence-corrected chi connectivity index (χ4v) is 3.29. The van der Waals surface area contributed by atoms with Crippen molar-refractivity contribution in [2.24, 2.45) is 5.92 Å². The number of benzene rings is 1. The molecule has 2 heteroatoms. The Hall–Kier alpha value is -0.860. The molecule has 98 valence electrons. The highest BCUT2D eigenvalue weighted by Crippen LogP contribution is 2.41. The third kappa shape index (κ3) is 2.32. The first-order chi connectivity index (χ1) is 8.86. The average molecular weight is 245 g/mol. The molecular formula is C16H23NO. The van der Waals surface area contributed by atoms with Gasteiger partial charge in [-0.2, -0.15) is 0 Å². The van der Waals surface area contributed by atoms with Crippen LogP contribution in [0.5, 0.6) is 0 Å². The summed E-state index contributed by atoms with van der Waals surface area (Å²) in [5.74, 6) is 1.14. The van der Waals surface area contributed by atoms with E-state index in [0.717, 1.165) is 25.9 Å². The Bertz CT molecular complexity index is 394. The van der Waals surface area contributed by atoms with Crippen LogP contribution in [-0.2, 0) is 0 Å². The summed E-state index contributed by atoms with van der Waals surface area (Å²) < 4.78 is 0. The maximum atomic E-state index is 10.7. The van der Waals surface area contributed by atoms with E-state index in [2.05, 4.69) is 29.6 Å². The Labute approximate surface area is 109 Å². The molecule has 1 aliphatic carbocycles. The zero-order valence-corrected chi connectivity index (χ0v) is 10.9. The van der Waals surface area contributed by atoms with Gasteiger partial charge in [0.05, 0.1) is 6.10 Å². The molecule has 1 saturated carbocycles. The van der Waals surface area contributed by atoms with Gasteiger partial charge in [0.25, 0.3) is 0 Å². The van der Waals surface area contributed by atoms with Gasteiger partial charge in [0.15, 0.2) is 0 Å². The van der Waals surface area contributed by atoms with Gasteiger partial charge in [0.1, 0.15) is 0 Å². The summed E-state index contributed by atoms with van der Waals surface area (Å²) in [5, 5.41) is 14.0. The zero-order chi connectivity index (χ0) is 12.4. The summed E-state index contributed by atoms with van der Waals surface area (Å²) in [6.07, 6.45) is 5.89. The van der Waals surface area contributed by atoms with Crippen LogP contribution in [-0.4, -0.2) is 18.2 Å². The third-order valence-corrected chi connectivity index (χ3v) is 4.69. The Morgan fingerprint density at radius 2 is 1.78 bits per heavy atom. The molecule has 1 aromatic carbocycles. The Morgan fingerprint density at radius 3 is 2.44 bits per heavy atom. The lowest BCUT2D eigenvalue weighted by Gasteiger charge is -2.33. The Morgan fingerprint density at radius 1 is 1.06 bits per heavy atom. The van der Waals surface area contributed by atoms with Gasteiger partial charge in [-0.25, -0.2) is 0 Å². The van der Waals surface area contributed by atoms with E-state index < -0.39 is 0 Å². The van der Waals surface area contributed by atoms with Crippen molar-refractivity contribution in [1.29, 1.82) is 0 Å². The third-order valence-electron chi connectivity index (χ3n) is 4.69. The number of aliphatic hydroxyl groups excluding tert-OH is 1. The van der Waals surface area contributed by atoms with E-state index in [9.17, 15) is 5.11 Å². The highest BCUT2D eigenvalue weighted by Gasteiger charge is 2.28. The molecule has 1 aliphatic heterocycles. The van der Waals surface area contributed by atoms with Crippen LogP contribution >= 0.6 is 0 Å². The Kier molecular flexibility index (Phi) is 3.67. The van der Waals surface area contributed by atoms with Gasteiger partial charge >= 0.3 is 0 Å². The van der Waals surface area contributed by atoms with Crippen LogP contribution in [0, 0.1) is 5.92 Å². The molecule has 1 saturated heterocycles. The first-order valence-corrected chi connectivity index (χ1v) is 7.34. The SMILES string of the molecule is OC(c1ccccc1C1CCC1)C1CCNCC1. The maximum absolute atomic E-state index is 10.7. The number of rotatable bonds is 3. The lowest BCUT2D eigenvalue weighted by molar-refractivity contribution is 0.0873. The molecule has 2 nitrogen and oxygen atoms in total. The van der Waals surface area contributed by atoms with Crippen molar-refractivity contribution in [2.45, 2.75) is 44.1 Å². The van der Waals surface area contributed by atoms with Crippen LogP contribution in [0.4, 0.5) is 0 Å². The van der Waals surface area contributed by atoms with E-state index in [1.165, 1.54) is 30.4 Å². The van der Waals surface area contributed by atoms with Crippen LogP contribution in [0.1, 0.15) is 55.3 Å². The molecule has 2 fully saturated rings. The lowest BCUT2D eigenvalue weighted by Crippen LogP contribution is -2.31. The van der Waals surface area contributed by atoms with Crippen molar-refractivity contribution in [3.8, 4) is 0 Å². The van der Waals surface area contributed by atoms with Crippen LogP contribution < -0.4 is 5.32 Å². The van der Waals surface area contributed by atoms with Gasteiger partial charge in [-0.1, -0.05) is 30.7 Å². The second-order valence-electron chi connectivity index (χ2n) is 5.79. The van der Waals surface area contributed by atoms with Crippen LogP contribution in [0.2, 0.25) is 0 Å². The quantitative estimate of drug-likeness (QED) is 0.858. The summed E-state index contributed by atoms with van der Waals surface area (Å²) in [6.45, 7) is 2.10. The second kappa shape index (κ2) is 5.41. The predicted octanol–water partition coefficient (Wildman–Crippen LogP) is 2.99. The number of piperidine rings is 1. The molecule has 3 rings (SSSR count). The summed E-state index contributed by atoms with van der Waals surface area (Å²) >= 11 is 0. The summed E-state index contributed by atoms with van der Waals surface area (Å²) in [4.78, 5) is 0. The molecule has 0 amide bonds.